The summed E-state index contributed by atoms with van der Waals surface area (Å²) < 4.78 is 14.3. The molecule has 21 heavy (non-hydrogen) atoms. The third kappa shape index (κ3) is 3.00. The number of pyridine rings is 1. The molecule has 2 N–H and O–H groups in total. The topological polar surface area (TPSA) is 71.3 Å². The number of carbonyl (C=O) groups excluding carboxylic acids is 1. The van der Waals surface area contributed by atoms with Gasteiger partial charge in [0, 0.05) is 5.69 Å². The van der Waals surface area contributed by atoms with Crippen LogP contribution in [0.2, 0.25) is 0 Å². The Bertz CT molecular complexity index is 736. The molecular formula is C15H15FN2O3. The molecule has 2 rings (SSSR count). The van der Waals surface area contributed by atoms with Crippen molar-refractivity contribution >= 4 is 5.91 Å². The first-order valence-electron chi connectivity index (χ1n) is 6.34. The van der Waals surface area contributed by atoms with Crippen molar-refractivity contribution in [2.45, 2.75) is 20.4 Å². The van der Waals surface area contributed by atoms with Gasteiger partial charge in [-0.3, -0.25) is 14.8 Å². The summed E-state index contributed by atoms with van der Waals surface area (Å²) in [5.74, 6) is -1.21. The minimum absolute atomic E-state index is 0.136. The van der Waals surface area contributed by atoms with Gasteiger partial charge in [0.15, 0.2) is 0 Å². The molecule has 2 aromatic rings. The molecule has 0 atom stereocenters. The van der Waals surface area contributed by atoms with Crippen molar-refractivity contribution in [1.82, 2.24) is 10.0 Å². The van der Waals surface area contributed by atoms with Crippen molar-refractivity contribution in [3.05, 3.63) is 68.9 Å². The summed E-state index contributed by atoms with van der Waals surface area (Å²) in [6.45, 7) is 3.75. The van der Waals surface area contributed by atoms with Gasteiger partial charge in [-0.1, -0.05) is 12.1 Å². The van der Waals surface area contributed by atoms with Gasteiger partial charge in [-0.15, -0.1) is 0 Å². The maximum Gasteiger partial charge on any atom is 0.280 e. The van der Waals surface area contributed by atoms with Crippen LogP contribution >= 0.6 is 0 Å². The van der Waals surface area contributed by atoms with Crippen LogP contribution in [-0.2, 0) is 6.54 Å². The molecule has 0 saturated carbocycles. The van der Waals surface area contributed by atoms with Crippen molar-refractivity contribution in [3.63, 3.8) is 0 Å². The zero-order chi connectivity index (χ0) is 15.6. The number of nitrogens with one attached hydrogen (secondary N) is 1. The summed E-state index contributed by atoms with van der Waals surface area (Å²) in [6.07, 6.45) is 0. The minimum Gasteiger partial charge on any atom is -0.308 e. The Kier molecular flexibility index (Phi) is 4.18. The summed E-state index contributed by atoms with van der Waals surface area (Å²) in [7, 11) is 0. The number of amides is 1. The van der Waals surface area contributed by atoms with E-state index < -0.39 is 11.5 Å². The maximum atomic E-state index is 12.9. The zero-order valence-corrected chi connectivity index (χ0v) is 11.7. The molecule has 0 saturated heterocycles. The Morgan fingerprint density at radius 2 is 1.90 bits per heavy atom. The number of rotatable bonds is 3. The number of hydrogen-bond acceptors (Lipinski definition) is 3. The van der Waals surface area contributed by atoms with E-state index in [0.717, 1.165) is 11.1 Å². The molecule has 0 spiro atoms. The standard InChI is InChI=1S/C15H15FN2O3/c1-9-7-13(14(19)17-21)15(20)18(10(9)2)8-11-3-5-12(16)6-4-11/h3-7,21H,8H2,1-2H3,(H,17,19). The molecule has 1 aromatic heterocycles. The molecule has 5 nitrogen and oxygen atoms in total. The summed E-state index contributed by atoms with van der Waals surface area (Å²) in [6, 6.07) is 7.22. The molecule has 1 aromatic carbocycles. The van der Waals surface area contributed by atoms with E-state index in [0.29, 0.717) is 5.69 Å². The number of benzene rings is 1. The third-order valence-corrected chi connectivity index (χ3v) is 3.41. The fourth-order valence-electron chi connectivity index (χ4n) is 2.08. The molecule has 1 heterocycles. The minimum atomic E-state index is -0.851. The van der Waals surface area contributed by atoms with E-state index >= 15 is 0 Å². The lowest BCUT2D eigenvalue weighted by molar-refractivity contribution is 0.0704. The van der Waals surface area contributed by atoms with Crippen molar-refractivity contribution in [2.75, 3.05) is 0 Å². The van der Waals surface area contributed by atoms with Crippen molar-refractivity contribution in [1.29, 1.82) is 0 Å². The molecule has 0 bridgehead atoms. The smallest absolute Gasteiger partial charge is 0.280 e. The molecule has 0 fully saturated rings. The lowest BCUT2D eigenvalue weighted by Crippen LogP contribution is -2.33. The molecule has 0 aliphatic heterocycles. The van der Waals surface area contributed by atoms with Crippen LogP contribution in [0.15, 0.2) is 35.1 Å². The van der Waals surface area contributed by atoms with E-state index in [1.807, 2.05) is 0 Å². The number of aromatic nitrogens is 1. The number of aryl methyl sites for hydroxylation is 1. The van der Waals surface area contributed by atoms with E-state index in [1.54, 1.807) is 26.0 Å². The van der Waals surface area contributed by atoms with E-state index in [1.165, 1.54) is 28.2 Å². The highest BCUT2D eigenvalue weighted by atomic mass is 19.1. The lowest BCUT2D eigenvalue weighted by Gasteiger charge is -2.14. The monoisotopic (exact) mass is 290 g/mol. The zero-order valence-electron chi connectivity index (χ0n) is 11.7. The van der Waals surface area contributed by atoms with Crippen LogP contribution in [0, 0.1) is 19.7 Å². The van der Waals surface area contributed by atoms with Crippen LogP contribution in [0.3, 0.4) is 0 Å². The highest BCUT2D eigenvalue weighted by molar-refractivity contribution is 5.93. The summed E-state index contributed by atoms with van der Waals surface area (Å²) in [4.78, 5) is 23.9. The Morgan fingerprint density at radius 1 is 1.29 bits per heavy atom. The Morgan fingerprint density at radius 3 is 2.48 bits per heavy atom. The van der Waals surface area contributed by atoms with E-state index in [2.05, 4.69) is 0 Å². The maximum absolute atomic E-state index is 12.9. The molecule has 0 radical (unpaired) electrons. The predicted octanol–water partition coefficient (Wildman–Crippen LogP) is 1.77. The highest BCUT2D eigenvalue weighted by Gasteiger charge is 2.15. The highest BCUT2D eigenvalue weighted by Crippen LogP contribution is 2.10. The Hall–Kier alpha value is -2.47. The first-order valence-corrected chi connectivity index (χ1v) is 6.34. The van der Waals surface area contributed by atoms with Gasteiger partial charge in [0.05, 0.1) is 6.54 Å². The van der Waals surface area contributed by atoms with E-state index in [4.69, 9.17) is 5.21 Å². The molecule has 6 heteroatoms. The van der Waals surface area contributed by atoms with Crippen LogP contribution in [0.5, 0.6) is 0 Å². The Balaban J connectivity index is 2.52. The van der Waals surface area contributed by atoms with Gasteiger partial charge in [-0.25, -0.2) is 9.87 Å². The molecular weight excluding hydrogens is 275 g/mol. The van der Waals surface area contributed by atoms with E-state index in [-0.39, 0.29) is 17.9 Å². The summed E-state index contributed by atoms with van der Waals surface area (Å²) >= 11 is 0. The second-order valence-corrected chi connectivity index (χ2v) is 4.79. The first-order chi connectivity index (χ1) is 9.93. The number of hydrogen-bond donors (Lipinski definition) is 2. The van der Waals surface area contributed by atoms with Crippen molar-refractivity contribution < 1.29 is 14.4 Å². The van der Waals surface area contributed by atoms with Crippen LogP contribution in [-0.4, -0.2) is 15.7 Å². The third-order valence-electron chi connectivity index (χ3n) is 3.41. The lowest BCUT2D eigenvalue weighted by atomic mass is 10.1. The van der Waals surface area contributed by atoms with Gasteiger partial charge in [0.25, 0.3) is 11.5 Å². The van der Waals surface area contributed by atoms with Gasteiger partial charge in [-0.2, -0.15) is 0 Å². The van der Waals surface area contributed by atoms with Gasteiger partial charge < -0.3 is 4.57 Å². The second kappa shape index (κ2) is 5.88. The normalized spacial score (nSPS) is 10.5. The predicted molar refractivity (Wildman–Crippen MR) is 74.9 cm³/mol. The quantitative estimate of drug-likeness (QED) is 0.668. The van der Waals surface area contributed by atoms with Crippen molar-refractivity contribution in [3.8, 4) is 0 Å². The SMILES string of the molecule is Cc1cc(C(=O)NO)c(=O)n(Cc2ccc(F)cc2)c1C. The second-order valence-electron chi connectivity index (χ2n) is 4.79. The fraction of sp³-hybridized carbons (Fsp3) is 0.200. The number of hydroxylamine groups is 1. The molecule has 0 aliphatic carbocycles. The van der Waals surface area contributed by atoms with Gasteiger partial charge >= 0.3 is 0 Å². The molecule has 0 aliphatic rings. The van der Waals surface area contributed by atoms with Crippen LogP contribution < -0.4 is 11.0 Å². The molecule has 0 unspecified atom stereocenters. The first kappa shape index (κ1) is 14.9. The summed E-state index contributed by atoms with van der Waals surface area (Å²) in [5.41, 5.74) is 3.01. The average molecular weight is 290 g/mol. The van der Waals surface area contributed by atoms with Gasteiger partial charge in [0.2, 0.25) is 0 Å². The Labute approximate surface area is 120 Å². The van der Waals surface area contributed by atoms with Gasteiger partial charge in [-0.05, 0) is 43.2 Å². The largest absolute Gasteiger partial charge is 0.308 e. The van der Waals surface area contributed by atoms with Crippen molar-refractivity contribution in [2.24, 2.45) is 0 Å². The van der Waals surface area contributed by atoms with E-state index in [9.17, 15) is 14.0 Å². The number of nitrogens with zero attached hydrogens (tertiary/aromatic N) is 1. The molecule has 1 amide bonds. The number of halogens is 1. The fourth-order valence-corrected chi connectivity index (χ4v) is 2.08. The van der Waals surface area contributed by atoms with Crippen LogP contribution in [0.1, 0.15) is 27.2 Å². The average Bonchev–Trinajstić information content (AvgIpc) is 2.48. The summed E-state index contributed by atoms with van der Waals surface area (Å²) in [5, 5.41) is 8.69. The van der Waals surface area contributed by atoms with Gasteiger partial charge in [0.1, 0.15) is 11.4 Å². The van der Waals surface area contributed by atoms with Crippen LogP contribution in [0.4, 0.5) is 4.39 Å². The molecule has 110 valence electrons. The number of carbonyl (C=O) groups is 1. The van der Waals surface area contributed by atoms with Crippen LogP contribution in [0.25, 0.3) is 0 Å².